The summed E-state index contributed by atoms with van der Waals surface area (Å²) in [5, 5.41) is 8.02. The summed E-state index contributed by atoms with van der Waals surface area (Å²) in [7, 11) is 0. The zero-order chi connectivity index (χ0) is 21.6. The van der Waals surface area contributed by atoms with E-state index in [9.17, 15) is 13.6 Å². The highest BCUT2D eigenvalue weighted by Crippen LogP contribution is 2.24. The van der Waals surface area contributed by atoms with Crippen LogP contribution in [0.2, 0.25) is 0 Å². The predicted octanol–water partition coefficient (Wildman–Crippen LogP) is 5.81. The minimum Gasteiger partial charge on any atom is -0.340 e. The highest BCUT2D eigenvalue weighted by molar-refractivity contribution is 5.99. The number of urea groups is 1. The smallest absolute Gasteiger partial charge is 0.324 e. The molecule has 154 valence electrons. The zero-order valence-corrected chi connectivity index (χ0v) is 16.1. The van der Waals surface area contributed by atoms with Crippen molar-refractivity contribution in [3.05, 3.63) is 96.8 Å². The van der Waals surface area contributed by atoms with E-state index in [0.29, 0.717) is 5.82 Å². The van der Waals surface area contributed by atoms with E-state index in [-0.39, 0.29) is 11.5 Å². The first-order chi connectivity index (χ1) is 15.1. The number of hydrogen-bond donors (Lipinski definition) is 3. The molecule has 0 radical (unpaired) electrons. The first kappa shape index (κ1) is 20.0. The fraction of sp³-hybridized carbons (Fsp3) is 0. The second-order valence-corrected chi connectivity index (χ2v) is 6.55. The van der Waals surface area contributed by atoms with Gasteiger partial charge in [0, 0.05) is 24.1 Å². The van der Waals surface area contributed by atoms with Crippen LogP contribution in [0.15, 0.2) is 85.2 Å². The van der Waals surface area contributed by atoms with E-state index in [1.807, 2.05) is 42.5 Å². The van der Waals surface area contributed by atoms with Crippen molar-refractivity contribution >= 4 is 29.0 Å². The summed E-state index contributed by atoms with van der Waals surface area (Å²) >= 11 is 0. The van der Waals surface area contributed by atoms with Crippen LogP contribution in [0.1, 0.15) is 0 Å². The van der Waals surface area contributed by atoms with Crippen LogP contribution in [0.5, 0.6) is 0 Å². The van der Waals surface area contributed by atoms with Gasteiger partial charge in [0.15, 0.2) is 0 Å². The SMILES string of the molecule is O=C(Nc1cc(-c2ccnc(Nc3ccccc3)c2)ccn1)Nc1cc(F)ccc1F. The van der Waals surface area contributed by atoms with Crippen molar-refractivity contribution in [3.63, 3.8) is 0 Å². The summed E-state index contributed by atoms with van der Waals surface area (Å²) in [5.41, 5.74) is 2.29. The highest BCUT2D eigenvalue weighted by Gasteiger charge is 2.10. The molecule has 8 heteroatoms. The van der Waals surface area contributed by atoms with Gasteiger partial charge in [-0.2, -0.15) is 0 Å². The van der Waals surface area contributed by atoms with Crippen LogP contribution in [0.4, 0.5) is 36.6 Å². The molecule has 0 aliphatic rings. The molecule has 0 saturated carbocycles. The maximum absolute atomic E-state index is 13.7. The molecule has 0 aliphatic heterocycles. The van der Waals surface area contributed by atoms with Crippen molar-refractivity contribution in [2.75, 3.05) is 16.0 Å². The molecule has 0 fully saturated rings. The van der Waals surface area contributed by atoms with E-state index in [0.717, 1.165) is 35.0 Å². The van der Waals surface area contributed by atoms with E-state index in [2.05, 4.69) is 25.9 Å². The Kier molecular flexibility index (Phi) is 5.79. The number of para-hydroxylation sites is 1. The fourth-order valence-corrected chi connectivity index (χ4v) is 2.89. The van der Waals surface area contributed by atoms with Gasteiger partial charge >= 0.3 is 6.03 Å². The summed E-state index contributed by atoms with van der Waals surface area (Å²) in [6, 6.07) is 18.9. The Labute approximate surface area is 177 Å². The maximum Gasteiger partial charge on any atom is 0.324 e. The number of benzene rings is 2. The molecule has 0 bridgehead atoms. The van der Waals surface area contributed by atoms with Gasteiger partial charge in [-0.15, -0.1) is 0 Å². The second-order valence-electron chi connectivity index (χ2n) is 6.55. The second kappa shape index (κ2) is 9.00. The summed E-state index contributed by atoms with van der Waals surface area (Å²) in [6.07, 6.45) is 3.21. The average Bonchev–Trinajstić information content (AvgIpc) is 2.77. The highest BCUT2D eigenvalue weighted by atomic mass is 19.1. The van der Waals surface area contributed by atoms with Gasteiger partial charge < -0.3 is 10.6 Å². The van der Waals surface area contributed by atoms with Crippen LogP contribution >= 0.6 is 0 Å². The molecule has 0 atom stereocenters. The molecule has 4 aromatic rings. The van der Waals surface area contributed by atoms with Crippen LogP contribution in [-0.4, -0.2) is 16.0 Å². The maximum atomic E-state index is 13.7. The van der Waals surface area contributed by atoms with Crippen molar-refractivity contribution < 1.29 is 13.6 Å². The molecule has 6 nitrogen and oxygen atoms in total. The standard InChI is InChI=1S/C23H17F2N5O/c24-17-6-7-19(25)20(14-17)29-23(31)30-22-13-16(9-11-27-22)15-8-10-26-21(12-15)28-18-4-2-1-3-5-18/h1-14H,(H,26,28)(H2,27,29,30,31). The van der Waals surface area contributed by atoms with Crippen molar-refractivity contribution in [2.24, 2.45) is 0 Å². The molecule has 0 aliphatic carbocycles. The number of carbonyl (C=O) groups excluding carboxylic acids is 1. The van der Waals surface area contributed by atoms with E-state index in [1.165, 1.54) is 0 Å². The minimum atomic E-state index is -0.742. The molecule has 4 rings (SSSR count). The number of rotatable bonds is 5. The summed E-state index contributed by atoms with van der Waals surface area (Å²) in [5.74, 6) is -0.488. The van der Waals surface area contributed by atoms with Gasteiger partial charge in [-0.3, -0.25) is 5.32 Å². The topological polar surface area (TPSA) is 78.9 Å². The summed E-state index contributed by atoms with van der Waals surface area (Å²) in [4.78, 5) is 20.6. The van der Waals surface area contributed by atoms with Crippen LogP contribution < -0.4 is 16.0 Å². The monoisotopic (exact) mass is 417 g/mol. The van der Waals surface area contributed by atoms with Crippen molar-refractivity contribution in [3.8, 4) is 11.1 Å². The Morgan fingerprint density at radius 1 is 0.742 bits per heavy atom. The third-order valence-electron chi connectivity index (χ3n) is 4.32. The Hall–Kier alpha value is -4.33. The van der Waals surface area contributed by atoms with Gasteiger partial charge in [0.25, 0.3) is 0 Å². The average molecular weight is 417 g/mol. The van der Waals surface area contributed by atoms with Gasteiger partial charge in [0.2, 0.25) is 0 Å². The number of nitrogens with one attached hydrogen (secondary N) is 3. The van der Waals surface area contributed by atoms with Gasteiger partial charge in [0.1, 0.15) is 23.3 Å². The zero-order valence-electron chi connectivity index (χ0n) is 16.1. The molecule has 2 heterocycles. The lowest BCUT2D eigenvalue weighted by Crippen LogP contribution is -2.20. The van der Waals surface area contributed by atoms with Crippen LogP contribution in [0.25, 0.3) is 11.1 Å². The van der Waals surface area contributed by atoms with E-state index in [1.54, 1.807) is 24.5 Å². The number of hydrogen-bond acceptors (Lipinski definition) is 4. The molecule has 0 spiro atoms. The number of halogens is 2. The van der Waals surface area contributed by atoms with Crippen LogP contribution in [0, 0.1) is 11.6 Å². The lowest BCUT2D eigenvalue weighted by molar-refractivity contribution is 0.262. The fourth-order valence-electron chi connectivity index (χ4n) is 2.89. The van der Waals surface area contributed by atoms with Gasteiger partial charge in [0.05, 0.1) is 5.69 Å². The molecular formula is C23H17F2N5O. The van der Waals surface area contributed by atoms with Crippen LogP contribution in [0.3, 0.4) is 0 Å². The van der Waals surface area contributed by atoms with E-state index >= 15 is 0 Å². The molecule has 2 aromatic heterocycles. The van der Waals surface area contributed by atoms with Crippen LogP contribution in [-0.2, 0) is 0 Å². The molecule has 2 aromatic carbocycles. The molecule has 31 heavy (non-hydrogen) atoms. The molecule has 0 unspecified atom stereocenters. The molecule has 0 saturated heterocycles. The quantitative estimate of drug-likeness (QED) is 0.383. The number of pyridine rings is 2. The lowest BCUT2D eigenvalue weighted by atomic mass is 10.1. The van der Waals surface area contributed by atoms with E-state index < -0.39 is 17.7 Å². The first-order valence-electron chi connectivity index (χ1n) is 9.34. The number of amides is 2. The summed E-state index contributed by atoms with van der Waals surface area (Å²) in [6.45, 7) is 0. The molecular weight excluding hydrogens is 400 g/mol. The first-order valence-corrected chi connectivity index (χ1v) is 9.34. The Bertz CT molecular complexity index is 1220. The van der Waals surface area contributed by atoms with Gasteiger partial charge in [-0.25, -0.2) is 23.5 Å². The Balaban J connectivity index is 1.49. The third-order valence-corrected chi connectivity index (χ3v) is 4.32. The third kappa shape index (κ3) is 5.18. The van der Waals surface area contributed by atoms with Gasteiger partial charge in [-0.05, 0) is 59.7 Å². The summed E-state index contributed by atoms with van der Waals surface area (Å²) < 4.78 is 27.0. The number of aromatic nitrogens is 2. The Morgan fingerprint density at radius 2 is 1.42 bits per heavy atom. The minimum absolute atomic E-state index is 0.251. The molecule has 3 N–H and O–H groups in total. The van der Waals surface area contributed by atoms with Crippen molar-refractivity contribution in [1.29, 1.82) is 0 Å². The Morgan fingerprint density at radius 3 is 2.16 bits per heavy atom. The lowest BCUT2D eigenvalue weighted by Gasteiger charge is -2.10. The van der Waals surface area contributed by atoms with E-state index in [4.69, 9.17) is 0 Å². The van der Waals surface area contributed by atoms with Gasteiger partial charge in [-0.1, -0.05) is 18.2 Å². The normalized spacial score (nSPS) is 10.4. The van der Waals surface area contributed by atoms with Crippen molar-refractivity contribution in [1.82, 2.24) is 9.97 Å². The van der Waals surface area contributed by atoms with Crippen molar-refractivity contribution in [2.45, 2.75) is 0 Å². The number of nitrogens with zero attached hydrogens (tertiary/aromatic N) is 2. The largest absolute Gasteiger partial charge is 0.340 e. The number of carbonyl (C=O) groups is 1. The predicted molar refractivity (Wildman–Crippen MR) is 116 cm³/mol. The number of anilines is 4. The molecule has 2 amide bonds.